The fraction of sp³-hybridized carbons (Fsp3) is 0.211. The van der Waals surface area contributed by atoms with Gasteiger partial charge < -0.3 is 10.6 Å². The normalized spacial score (nSPS) is 21.9. The second kappa shape index (κ2) is 6.39. The zero-order chi connectivity index (χ0) is 17.2. The fourth-order valence-electron chi connectivity index (χ4n) is 3.47. The van der Waals surface area contributed by atoms with Crippen LogP contribution in [0.25, 0.3) is 0 Å². The number of carbonyl (C=O) groups excluding carboxylic acids is 1. The van der Waals surface area contributed by atoms with Crippen molar-refractivity contribution in [1.29, 1.82) is 0 Å². The lowest BCUT2D eigenvalue weighted by atomic mass is 9.88. The van der Waals surface area contributed by atoms with Crippen LogP contribution in [0, 0.1) is 0 Å². The Morgan fingerprint density at radius 1 is 1.04 bits per heavy atom. The van der Waals surface area contributed by atoms with Gasteiger partial charge in [0.05, 0.1) is 12.1 Å². The molecule has 0 bridgehead atoms. The molecular formula is C19H19N5O. The first-order chi connectivity index (χ1) is 12.2. The van der Waals surface area contributed by atoms with Gasteiger partial charge in [-0.15, -0.1) is 0 Å². The maximum absolute atomic E-state index is 11.9. The van der Waals surface area contributed by atoms with Gasteiger partial charge in [0.25, 0.3) is 0 Å². The summed E-state index contributed by atoms with van der Waals surface area (Å²) in [5.41, 5.74) is 2.17. The van der Waals surface area contributed by atoms with E-state index < -0.39 is 0 Å². The molecule has 2 heterocycles. The van der Waals surface area contributed by atoms with Crippen molar-refractivity contribution in [2.24, 2.45) is 0 Å². The number of amides is 1. The van der Waals surface area contributed by atoms with E-state index in [1.165, 1.54) is 6.33 Å². The number of benzene rings is 2. The highest BCUT2D eigenvalue weighted by Crippen LogP contribution is 2.37. The Balaban J connectivity index is 1.85. The largest absolute Gasteiger partial charge is 0.349 e. The lowest BCUT2D eigenvalue weighted by Gasteiger charge is -2.39. The summed E-state index contributed by atoms with van der Waals surface area (Å²) in [5, 5.41) is 10.9. The molecule has 3 unspecified atom stereocenters. The molecule has 25 heavy (non-hydrogen) atoms. The number of rotatable bonds is 3. The van der Waals surface area contributed by atoms with Crippen LogP contribution >= 0.6 is 0 Å². The predicted molar refractivity (Wildman–Crippen MR) is 95.0 cm³/mol. The van der Waals surface area contributed by atoms with Gasteiger partial charge in [0.2, 0.25) is 11.9 Å². The first-order valence-corrected chi connectivity index (χ1v) is 8.27. The van der Waals surface area contributed by atoms with Crippen molar-refractivity contribution in [3.8, 4) is 0 Å². The number of anilines is 1. The minimum atomic E-state index is -0.198. The molecule has 1 aromatic heterocycles. The summed E-state index contributed by atoms with van der Waals surface area (Å²) in [6.45, 7) is 1.54. The van der Waals surface area contributed by atoms with E-state index in [0.717, 1.165) is 11.1 Å². The predicted octanol–water partition coefficient (Wildman–Crippen LogP) is 2.54. The van der Waals surface area contributed by atoms with E-state index in [4.69, 9.17) is 0 Å². The van der Waals surface area contributed by atoms with E-state index in [0.29, 0.717) is 5.95 Å². The Morgan fingerprint density at radius 2 is 1.68 bits per heavy atom. The number of hydrogen-bond acceptors (Lipinski definition) is 4. The Hall–Kier alpha value is -3.15. The van der Waals surface area contributed by atoms with Crippen LogP contribution in [0.2, 0.25) is 0 Å². The smallest absolute Gasteiger partial charge is 0.222 e. The van der Waals surface area contributed by atoms with Gasteiger partial charge in [-0.25, -0.2) is 4.68 Å². The maximum Gasteiger partial charge on any atom is 0.222 e. The second-order valence-electron chi connectivity index (χ2n) is 6.14. The number of fused-ring (bicyclic) bond motifs is 1. The van der Waals surface area contributed by atoms with E-state index in [1.54, 1.807) is 6.92 Å². The Kier molecular flexibility index (Phi) is 3.93. The van der Waals surface area contributed by atoms with Crippen LogP contribution in [0.3, 0.4) is 0 Å². The van der Waals surface area contributed by atoms with Crippen LogP contribution in [-0.2, 0) is 4.79 Å². The molecule has 0 aliphatic carbocycles. The summed E-state index contributed by atoms with van der Waals surface area (Å²) in [5.74, 6) is 0.626. The quantitative estimate of drug-likeness (QED) is 0.773. The topological polar surface area (TPSA) is 71.8 Å². The van der Waals surface area contributed by atoms with Crippen molar-refractivity contribution in [3.63, 3.8) is 0 Å². The third kappa shape index (κ3) is 2.87. The average Bonchev–Trinajstić information content (AvgIpc) is 3.10. The molecule has 2 N–H and O–H groups in total. The molecule has 0 radical (unpaired) electrons. The first kappa shape index (κ1) is 15.4. The monoisotopic (exact) mass is 333 g/mol. The van der Waals surface area contributed by atoms with Gasteiger partial charge in [-0.1, -0.05) is 60.7 Å². The van der Waals surface area contributed by atoms with Crippen molar-refractivity contribution in [1.82, 2.24) is 20.1 Å². The molecule has 1 aliphatic heterocycles. The van der Waals surface area contributed by atoms with Gasteiger partial charge in [0.1, 0.15) is 12.4 Å². The average molecular weight is 333 g/mol. The van der Waals surface area contributed by atoms with Crippen LogP contribution < -0.4 is 10.6 Å². The van der Waals surface area contributed by atoms with E-state index in [1.807, 2.05) is 41.1 Å². The Bertz CT molecular complexity index is 862. The highest BCUT2D eigenvalue weighted by Gasteiger charge is 2.40. The van der Waals surface area contributed by atoms with Gasteiger partial charge in [0.15, 0.2) is 0 Å². The van der Waals surface area contributed by atoms with Crippen molar-refractivity contribution in [2.75, 3.05) is 5.32 Å². The molecule has 3 aromatic rings. The highest BCUT2D eigenvalue weighted by atomic mass is 16.1. The molecular weight excluding hydrogens is 314 g/mol. The van der Waals surface area contributed by atoms with E-state index in [-0.39, 0.29) is 24.0 Å². The lowest BCUT2D eigenvalue weighted by molar-refractivity contribution is -0.120. The van der Waals surface area contributed by atoms with Crippen LogP contribution in [0.15, 0.2) is 67.0 Å². The molecule has 1 amide bonds. The van der Waals surface area contributed by atoms with Gasteiger partial charge in [-0.3, -0.25) is 4.79 Å². The summed E-state index contributed by atoms with van der Waals surface area (Å²) >= 11 is 0. The zero-order valence-electron chi connectivity index (χ0n) is 13.8. The van der Waals surface area contributed by atoms with E-state index in [2.05, 4.69) is 45.0 Å². The third-order valence-electron chi connectivity index (χ3n) is 4.49. The highest BCUT2D eigenvalue weighted by molar-refractivity contribution is 5.73. The summed E-state index contributed by atoms with van der Waals surface area (Å²) in [7, 11) is 0. The minimum absolute atomic E-state index is 0.0720. The minimum Gasteiger partial charge on any atom is -0.349 e. The Morgan fingerprint density at radius 3 is 2.32 bits per heavy atom. The standard InChI is InChI=1S/C19H19N5O/c1-13(25)22-17-16(14-8-4-2-5-9-14)23-19-20-12-21-24(19)18(17)15-10-6-3-7-11-15/h2-12,16-18H,1H3,(H,22,25)(H,20,21,23). The van der Waals surface area contributed by atoms with Gasteiger partial charge >= 0.3 is 0 Å². The Labute approximate surface area is 145 Å². The molecule has 4 rings (SSSR count). The summed E-state index contributed by atoms with van der Waals surface area (Å²) in [6.07, 6.45) is 1.54. The van der Waals surface area contributed by atoms with E-state index >= 15 is 0 Å². The van der Waals surface area contributed by atoms with Crippen LogP contribution in [0.4, 0.5) is 5.95 Å². The van der Waals surface area contributed by atoms with Crippen molar-refractivity contribution in [2.45, 2.75) is 25.0 Å². The fourth-order valence-corrected chi connectivity index (χ4v) is 3.47. The number of nitrogens with zero attached hydrogens (tertiary/aromatic N) is 3. The molecule has 0 saturated carbocycles. The van der Waals surface area contributed by atoms with Gasteiger partial charge in [-0.05, 0) is 11.1 Å². The number of aromatic nitrogens is 3. The molecule has 3 atom stereocenters. The van der Waals surface area contributed by atoms with Crippen molar-refractivity contribution < 1.29 is 4.79 Å². The number of carbonyl (C=O) groups is 1. The SMILES string of the molecule is CC(=O)NC1C(c2ccccc2)Nc2ncnn2C1c1ccccc1. The molecule has 1 aliphatic rings. The van der Waals surface area contributed by atoms with Gasteiger partial charge in [-0.2, -0.15) is 10.1 Å². The van der Waals surface area contributed by atoms with Crippen LogP contribution in [-0.4, -0.2) is 26.7 Å². The molecule has 6 heteroatoms. The lowest BCUT2D eigenvalue weighted by Crippen LogP contribution is -2.50. The second-order valence-corrected chi connectivity index (χ2v) is 6.14. The molecule has 2 aromatic carbocycles. The summed E-state index contributed by atoms with van der Waals surface area (Å²) < 4.78 is 1.84. The zero-order valence-corrected chi connectivity index (χ0v) is 13.8. The summed E-state index contributed by atoms with van der Waals surface area (Å²) in [6, 6.07) is 19.7. The van der Waals surface area contributed by atoms with Crippen molar-refractivity contribution in [3.05, 3.63) is 78.1 Å². The molecule has 126 valence electrons. The molecule has 0 spiro atoms. The number of nitrogens with one attached hydrogen (secondary N) is 2. The van der Waals surface area contributed by atoms with E-state index in [9.17, 15) is 4.79 Å². The molecule has 6 nitrogen and oxygen atoms in total. The first-order valence-electron chi connectivity index (χ1n) is 8.27. The summed E-state index contributed by atoms with van der Waals surface area (Å²) in [4.78, 5) is 16.3. The van der Waals surface area contributed by atoms with Crippen LogP contribution in [0.5, 0.6) is 0 Å². The molecule has 0 saturated heterocycles. The number of hydrogen-bond donors (Lipinski definition) is 2. The van der Waals surface area contributed by atoms with Crippen LogP contribution in [0.1, 0.15) is 30.1 Å². The maximum atomic E-state index is 11.9. The van der Waals surface area contributed by atoms with Gasteiger partial charge in [0, 0.05) is 6.92 Å². The van der Waals surface area contributed by atoms with Crippen molar-refractivity contribution >= 4 is 11.9 Å². The molecule has 0 fully saturated rings. The third-order valence-corrected chi connectivity index (χ3v) is 4.49.